The van der Waals surface area contributed by atoms with Crippen LogP contribution in [0.4, 0.5) is 0 Å². The zero-order chi connectivity index (χ0) is 15.3. The molecule has 2 aliphatic rings. The van der Waals surface area contributed by atoms with Crippen LogP contribution in [-0.2, 0) is 0 Å². The predicted octanol–water partition coefficient (Wildman–Crippen LogP) is 2.78. The fourth-order valence-electron chi connectivity index (χ4n) is 3.85. The largest absolute Gasteiger partial charge is 0.352 e. The van der Waals surface area contributed by atoms with Crippen molar-refractivity contribution in [3.05, 3.63) is 35.2 Å². The number of hydrogen-bond acceptors (Lipinski definition) is 4. The fourth-order valence-corrected chi connectivity index (χ4v) is 3.85. The van der Waals surface area contributed by atoms with Crippen LogP contribution in [0.5, 0.6) is 0 Å². The lowest BCUT2D eigenvalue weighted by Crippen LogP contribution is -2.31. The van der Waals surface area contributed by atoms with Crippen molar-refractivity contribution in [1.29, 1.82) is 0 Å². The minimum absolute atomic E-state index is 0.0615. The normalized spacial score (nSPS) is 26.0. The molecule has 0 aliphatic heterocycles. The van der Waals surface area contributed by atoms with Gasteiger partial charge >= 0.3 is 0 Å². The molecule has 5 heteroatoms. The molecule has 0 radical (unpaired) electrons. The second-order valence-corrected chi connectivity index (χ2v) is 6.51. The maximum Gasteiger partial charge on any atom is 0.258 e. The number of amides is 1. The lowest BCUT2D eigenvalue weighted by molar-refractivity contribution is 0.0946. The third kappa shape index (κ3) is 2.12. The molecule has 0 spiro atoms. The molecule has 2 aromatic heterocycles. The molecule has 1 fully saturated rings. The quantitative estimate of drug-likeness (QED) is 0.885. The summed E-state index contributed by atoms with van der Waals surface area (Å²) in [4.78, 5) is 16.9. The highest BCUT2D eigenvalue weighted by molar-refractivity contribution is 6.06. The topological polar surface area (TPSA) is 68.0 Å². The average Bonchev–Trinajstić information content (AvgIpc) is 3.20. The van der Waals surface area contributed by atoms with Crippen molar-refractivity contribution < 1.29 is 9.32 Å². The molecule has 1 amide bonds. The number of pyridine rings is 1. The number of carbonyl (C=O) groups excluding carboxylic acids is 1. The van der Waals surface area contributed by atoms with E-state index in [2.05, 4.69) is 27.6 Å². The number of nitrogens with one attached hydrogen (secondary N) is 1. The summed E-state index contributed by atoms with van der Waals surface area (Å²) in [5, 5.41) is 7.73. The monoisotopic (exact) mass is 297 g/mol. The van der Waals surface area contributed by atoms with E-state index in [1.54, 1.807) is 0 Å². The molecule has 3 unspecified atom stereocenters. The van der Waals surface area contributed by atoms with E-state index in [0.717, 1.165) is 23.5 Å². The zero-order valence-corrected chi connectivity index (χ0v) is 12.8. The molecule has 3 atom stereocenters. The molecule has 2 bridgehead atoms. The van der Waals surface area contributed by atoms with E-state index in [1.165, 1.54) is 12.8 Å². The van der Waals surface area contributed by atoms with Crippen molar-refractivity contribution in [1.82, 2.24) is 15.5 Å². The predicted molar refractivity (Wildman–Crippen MR) is 82.5 cm³/mol. The minimum atomic E-state index is -0.0615. The molecule has 1 N–H and O–H groups in total. The van der Waals surface area contributed by atoms with Gasteiger partial charge in [-0.15, -0.1) is 0 Å². The molecule has 1 saturated carbocycles. The molecular formula is C17H19N3O2. The Morgan fingerprint density at radius 2 is 2.23 bits per heavy atom. The Bertz CT molecular complexity index is 778. The summed E-state index contributed by atoms with van der Waals surface area (Å²) >= 11 is 0. The molecule has 4 rings (SSSR count). The van der Waals surface area contributed by atoms with Gasteiger partial charge in [-0.1, -0.05) is 17.3 Å². The Morgan fingerprint density at radius 1 is 1.36 bits per heavy atom. The van der Waals surface area contributed by atoms with Gasteiger partial charge in [0.25, 0.3) is 11.6 Å². The van der Waals surface area contributed by atoms with E-state index >= 15 is 0 Å². The van der Waals surface area contributed by atoms with Crippen molar-refractivity contribution in [3.8, 4) is 0 Å². The molecule has 5 nitrogen and oxygen atoms in total. The Morgan fingerprint density at radius 3 is 2.95 bits per heavy atom. The number of aryl methyl sites for hydroxylation is 2. The van der Waals surface area contributed by atoms with E-state index in [9.17, 15) is 4.79 Å². The first-order valence-electron chi connectivity index (χ1n) is 7.82. The number of carbonyl (C=O) groups is 1. The lowest BCUT2D eigenvalue weighted by Gasteiger charge is -2.18. The minimum Gasteiger partial charge on any atom is -0.352 e. The first-order valence-corrected chi connectivity index (χ1v) is 7.82. The van der Waals surface area contributed by atoms with Crippen molar-refractivity contribution in [2.45, 2.75) is 26.7 Å². The Labute approximate surface area is 128 Å². The molecule has 22 heavy (non-hydrogen) atoms. The van der Waals surface area contributed by atoms with Crippen LogP contribution in [0.2, 0.25) is 0 Å². The second-order valence-electron chi connectivity index (χ2n) is 6.51. The first kappa shape index (κ1) is 13.5. The summed E-state index contributed by atoms with van der Waals surface area (Å²) < 4.78 is 5.19. The molecule has 2 heterocycles. The maximum absolute atomic E-state index is 12.6. The Hall–Kier alpha value is -2.17. The van der Waals surface area contributed by atoms with E-state index in [-0.39, 0.29) is 5.91 Å². The number of fused-ring (bicyclic) bond motifs is 3. The van der Waals surface area contributed by atoms with Gasteiger partial charge in [-0.05, 0) is 50.5 Å². The third-order valence-electron chi connectivity index (χ3n) is 4.93. The number of allylic oxidation sites excluding steroid dienone is 2. The van der Waals surface area contributed by atoms with Crippen molar-refractivity contribution in [2.75, 3.05) is 6.54 Å². The second kappa shape index (κ2) is 4.93. The standard InChI is InChI=1S/C17H19N3O2/c1-9-5-14(15-10(2)20-22-17(15)19-9)16(21)18-8-13-7-11-3-4-12(13)6-11/h3-5,11-13H,6-8H2,1-2H3,(H,18,21). The van der Waals surface area contributed by atoms with E-state index in [0.29, 0.717) is 28.8 Å². The van der Waals surface area contributed by atoms with E-state index < -0.39 is 0 Å². The summed E-state index contributed by atoms with van der Waals surface area (Å²) in [6.45, 7) is 4.42. The van der Waals surface area contributed by atoms with Gasteiger partial charge in [0.15, 0.2) is 0 Å². The molecule has 114 valence electrons. The number of aromatic nitrogens is 2. The summed E-state index contributed by atoms with van der Waals surface area (Å²) in [6.07, 6.45) is 7.08. The van der Waals surface area contributed by atoms with Crippen molar-refractivity contribution >= 4 is 17.0 Å². The van der Waals surface area contributed by atoms with Crippen LogP contribution in [0, 0.1) is 31.6 Å². The number of hydrogen-bond donors (Lipinski definition) is 1. The van der Waals surface area contributed by atoms with E-state index in [4.69, 9.17) is 4.52 Å². The van der Waals surface area contributed by atoms with Gasteiger partial charge in [0.05, 0.1) is 16.6 Å². The third-order valence-corrected chi connectivity index (χ3v) is 4.93. The lowest BCUT2D eigenvalue weighted by atomic mass is 9.93. The van der Waals surface area contributed by atoms with Crippen molar-refractivity contribution in [3.63, 3.8) is 0 Å². The summed E-state index contributed by atoms with van der Waals surface area (Å²) in [6, 6.07) is 1.81. The van der Waals surface area contributed by atoms with Gasteiger partial charge in [0, 0.05) is 12.2 Å². The van der Waals surface area contributed by atoms with Crippen LogP contribution in [0.3, 0.4) is 0 Å². The highest BCUT2D eigenvalue weighted by atomic mass is 16.5. The van der Waals surface area contributed by atoms with Crippen LogP contribution < -0.4 is 5.32 Å². The molecule has 2 aromatic rings. The highest BCUT2D eigenvalue weighted by Gasteiger charge is 2.35. The summed E-state index contributed by atoms with van der Waals surface area (Å²) in [7, 11) is 0. The fraction of sp³-hybridized carbons (Fsp3) is 0.471. The molecule has 0 aromatic carbocycles. The van der Waals surface area contributed by atoms with Crippen molar-refractivity contribution in [2.24, 2.45) is 17.8 Å². The van der Waals surface area contributed by atoms with Gasteiger partial charge in [-0.3, -0.25) is 4.79 Å². The summed E-state index contributed by atoms with van der Waals surface area (Å²) in [5.41, 5.74) is 2.51. The average molecular weight is 297 g/mol. The Kier molecular flexibility index (Phi) is 3.03. The van der Waals surface area contributed by atoms with Crippen LogP contribution in [0.25, 0.3) is 11.1 Å². The number of rotatable bonds is 3. The van der Waals surface area contributed by atoms with Crippen LogP contribution in [0.15, 0.2) is 22.7 Å². The van der Waals surface area contributed by atoms with Gasteiger partial charge in [-0.25, -0.2) is 4.98 Å². The highest BCUT2D eigenvalue weighted by Crippen LogP contribution is 2.43. The zero-order valence-electron chi connectivity index (χ0n) is 12.8. The SMILES string of the molecule is Cc1cc(C(=O)NCC2CC3C=CC2C3)c2c(C)noc2n1. The Balaban J connectivity index is 1.55. The van der Waals surface area contributed by atoms with Gasteiger partial charge in [0.1, 0.15) is 0 Å². The maximum atomic E-state index is 12.6. The molecular weight excluding hydrogens is 278 g/mol. The first-order chi connectivity index (χ1) is 10.6. The van der Waals surface area contributed by atoms with Gasteiger partial charge in [-0.2, -0.15) is 0 Å². The van der Waals surface area contributed by atoms with Gasteiger partial charge in [0.2, 0.25) is 0 Å². The van der Waals surface area contributed by atoms with Crippen LogP contribution in [-0.4, -0.2) is 22.6 Å². The van der Waals surface area contributed by atoms with Gasteiger partial charge < -0.3 is 9.84 Å². The van der Waals surface area contributed by atoms with Crippen LogP contribution in [0.1, 0.15) is 34.6 Å². The van der Waals surface area contributed by atoms with E-state index in [1.807, 2.05) is 19.9 Å². The summed E-state index contributed by atoms with van der Waals surface area (Å²) in [5.74, 6) is 1.87. The number of nitrogens with zero attached hydrogens (tertiary/aromatic N) is 2. The molecule has 2 aliphatic carbocycles. The molecule has 0 saturated heterocycles. The smallest absolute Gasteiger partial charge is 0.258 e. The van der Waals surface area contributed by atoms with Crippen LogP contribution >= 0.6 is 0 Å².